The largest absolute Gasteiger partial charge is 0.372 e. The number of amides is 1. The highest BCUT2D eigenvalue weighted by Gasteiger charge is 2.27. The van der Waals surface area contributed by atoms with E-state index in [9.17, 15) is 4.79 Å². The molecule has 2 aliphatic rings. The maximum Gasteiger partial charge on any atom is 0.228 e. The summed E-state index contributed by atoms with van der Waals surface area (Å²) < 4.78 is 7.57. The van der Waals surface area contributed by atoms with Crippen molar-refractivity contribution in [3.05, 3.63) is 71.1 Å². The monoisotopic (exact) mass is 444 g/mol. The van der Waals surface area contributed by atoms with E-state index in [0.29, 0.717) is 19.7 Å². The number of aromatic nitrogens is 5. The maximum absolute atomic E-state index is 12.8. The van der Waals surface area contributed by atoms with Crippen LogP contribution in [0.25, 0.3) is 10.5 Å². The fraction of sp³-hybridized carbons (Fsp3) is 0.391. The SMILES string of the molecule is [C-]#[N+]c1cccc2c1CCOC2CN1CCN(C(=O)Cc2ccc(-n3cnnn3)cn2)CC1. The average Bonchev–Trinajstić information content (AvgIpc) is 3.40. The van der Waals surface area contributed by atoms with Crippen molar-refractivity contribution >= 4 is 11.6 Å². The van der Waals surface area contributed by atoms with Gasteiger partial charge in [-0.05, 0) is 40.1 Å². The predicted octanol–water partition coefficient (Wildman–Crippen LogP) is 1.61. The first-order valence-electron chi connectivity index (χ1n) is 11.0. The summed E-state index contributed by atoms with van der Waals surface area (Å²) in [4.78, 5) is 25.1. The molecule has 2 aromatic heterocycles. The fourth-order valence-corrected chi connectivity index (χ4v) is 4.43. The smallest absolute Gasteiger partial charge is 0.228 e. The highest BCUT2D eigenvalue weighted by molar-refractivity contribution is 5.78. The van der Waals surface area contributed by atoms with Gasteiger partial charge in [-0.1, -0.05) is 18.2 Å². The molecule has 33 heavy (non-hydrogen) atoms. The second-order valence-corrected chi connectivity index (χ2v) is 8.19. The van der Waals surface area contributed by atoms with E-state index >= 15 is 0 Å². The normalized spacial score (nSPS) is 18.5. The lowest BCUT2D eigenvalue weighted by molar-refractivity contribution is -0.132. The van der Waals surface area contributed by atoms with Gasteiger partial charge in [0.25, 0.3) is 0 Å². The molecule has 3 aromatic rings. The summed E-state index contributed by atoms with van der Waals surface area (Å²) >= 11 is 0. The molecule has 10 nitrogen and oxygen atoms in total. The van der Waals surface area contributed by atoms with Crippen LogP contribution in [-0.2, 0) is 22.4 Å². The first-order valence-corrected chi connectivity index (χ1v) is 11.0. The van der Waals surface area contributed by atoms with Crippen LogP contribution in [0.15, 0.2) is 42.9 Å². The third-order valence-electron chi connectivity index (χ3n) is 6.23. The summed E-state index contributed by atoms with van der Waals surface area (Å²) in [5.41, 5.74) is 4.46. The summed E-state index contributed by atoms with van der Waals surface area (Å²) in [5.74, 6) is 0.0817. The number of hydrogen-bond acceptors (Lipinski definition) is 7. The van der Waals surface area contributed by atoms with E-state index in [4.69, 9.17) is 11.3 Å². The van der Waals surface area contributed by atoms with Crippen molar-refractivity contribution in [2.45, 2.75) is 18.9 Å². The lowest BCUT2D eigenvalue weighted by atomic mass is 9.95. The number of fused-ring (bicyclic) bond motifs is 1. The molecular formula is C23H24N8O2. The Morgan fingerprint density at radius 2 is 2.06 bits per heavy atom. The zero-order chi connectivity index (χ0) is 22.6. The summed E-state index contributed by atoms with van der Waals surface area (Å²) in [6.07, 6.45) is 4.20. The number of carbonyl (C=O) groups excluding carboxylic acids is 1. The molecule has 0 N–H and O–H groups in total. The summed E-state index contributed by atoms with van der Waals surface area (Å²) in [6, 6.07) is 9.58. The number of benzene rings is 1. The highest BCUT2D eigenvalue weighted by atomic mass is 16.5. The number of rotatable bonds is 5. The van der Waals surface area contributed by atoms with E-state index in [1.807, 2.05) is 29.2 Å². The van der Waals surface area contributed by atoms with Crippen molar-refractivity contribution in [1.82, 2.24) is 35.0 Å². The Morgan fingerprint density at radius 3 is 2.79 bits per heavy atom. The molecule has 0 saturated carbocycles. The van der Waals surface area contributed by atoms with Gasteiger partial charge >= 0.3 is 0 Å². The number of ether oxygens (including phenoxy) is 1. The molecule has 1 atom stereocenters. The second-order valence-electron chi connectivity index (χ2n) is 8.19. The van der Waals surface area contributed by atoms with E-state index in [0.717, 1.165) is 54.3 Å². The highest BCUT2D eigenvalue weighted by Crippen LogP contribution is 2.34. The van der Waals surface area contributed by atoms with Gasteiger partial charge in [0, 0.05) is 38.4 Å². The predicted molar refractivity (Wildman–Crippen MR) is 119 cm³/mol. The molecule has 10 heteroatoms. The first-order chi connectivity index (χ1) is 16.2. The second kappa shape index (κ2) is 9.44. The van der Waals surface area contributed by atoms with Crippen LogP contribution < -0.4 is 0 Å². The summed E-state index contributed by atoms with van der Waals surface area (Å²) in [7, 11) is 0. The van der Waals surface area contributed by atoms with Crippen molar-refractivity contribution in [3.63, 3.8) is 0 Å². The number of pyridine rings is 1. The van der Waals surface area contributed by atoms with Gasteiger partial charge in [-0.3, -0.25) is 14.7 Å². The van der Waals surface area contributed by atoms with Gasteiger partial charge in [0.15, 0.2) is 5.69 Å². The van der Waals surface area contributed by atoms with Crippen LogP contribution in [0, 0.1) is 6.57 Å². The number of tetrazole rings is 1. The van der Waals surface area contributed by atoms with E-state index in [2.05, 4.69) is 36.3 Å². The zero-order valence-corrected chi connectivity index (χ0v) is 18.2. The summed E-state index contributed by atoms with van der Waals surface area (Å²) in [5, 5.41) is 11.1. The van der Waals surface area contributed by atoms with E-state index < -0.39 is 0 Å². The molecule has 1 fully saturated rings. The van der Waals surface area contributed by atoms with Crippen molar-refractivity contribution in [2.24, 2.45) is 0 Å². The van der Waals surface area contributed by atoms with Crippen LogP contribution in [0.2, 0.25) is 0 Å². The van der Waals surface area contributed by atoms with Gasteiger partial charge in [-0.25, -0.2) is 4.85 Å². The molecule has 0 bridgehead atoms. The van der Waals surface area contributed by atoms with Crippen molar-refractivity contribution in [2.75, 3.05) is 39.3 Å². The van der Waals surface area contributed by atoms with Gasteiger partial charge in [-0.15, -0.1) is 5.10 Å². The zero-order valence-electron chi connectivity index (χ0n) is 18.2. The van der Waals surface area contributed by atoms with Crippen LogP contribution in [0.4, 0.5) is 5.69 Å². The standard InChI is InChI=1S/C23H24N8O2/c1-24-21-4-2-3-20-19(21)7-12-33-22(20)15-29-8-10-30(11-9-29)23(32)13-17-5-6-18(14-25-17)31-16-26-27-28-31/h2-6,14,16,22H,7-13,15H2. The van der Waals surface area contributed by atoms with Crippen molar-refractivity contribution in [1.29, 1.82) is 0 Å². The Hall–Kier alpha value is -3.68. The molecule has 5 rings (SSSR count). The molecule has 0 radical (unpaired) electrons. The van der Waals surface area contributed by atoms with E-state index in [1.165, 1.54) is 11.0 Å². The topological polar surface area (TPSA) is 93.6 Å². The first kappa shape index (κ1) is 21.2. The Kier molecular flexibility index (Phi) is 6.06. The van der Waals surface area contributed by atoms with Gasteiger partial charge in [0.1, 0.15) is 6.33 Å². The van der Waals surface area contributed by atoms with Crippen LogP contribution in [0.3, 0.4) is 0 Å². The minimum atomic E-state index is -0.0272. The fourth-order valence-electron chi connectivity index (χ4n) is 4.43. The molecular weight excluding hydrogens is 420 g/mol. The lowest BCUT2D eigenvalue weighted by Gasteiger charge is -2.37. The Bertz CT molecular complexity index is 1150. The minimum absolute atomic E-state index is 0.0272. The third kappa shape index (κ3) is 4.60. The average molecular weight is 444 g/mol. The lowest BCUT2D eigenvalue weighted by Crippen LogP contribution is -2.50. The van der Waals surface area contributed by atoms with Gasteiger partial charge in [0.2, 0.25) is 5.91 Å². The molecule has 1 amide bonds. The van der Waals surface area contributed by atoms with Crippen molar-refractivity contribution < 1.29 is 9.53 Å². The van der Waals surface area contributed by atoms with E-state index in [-0.39, 0.29) is 18.4 Å². The molecule has 4 heterocycles. The Morgan fingerprint density at radius 1 is 1.18 bits per heavy atom. The maximum atomic E-state index is 12.8. The number of nitrogens with zero attached hydrogens (tertiary/aromatic N) is 8. The molecule has 0 aliphatic carbocycles. The number of piperazine rings is 1. The molecule has 2 aliphatic heterocycles. The third-order valence-corrected chi connectivity index (χ3v) is 6.23. The van der Waals surface area contributed by atoms with Gasteiger partial charge in [0.05, 0.1) is 37.6 Å². The molecule has 168 valence electrons. The molecule has 0 spiro atoms. The van der Waals surface area contributed by atoms with E-state index in [1.54, 1.807) is 6.20 Å². The van der Waals surface area contributed by atoms with Crippen LogP contribution in [0.5, 0.6) is 0 Å². The van der Waals surface area contributed by atoms with Crippen molar-refractivity contribution in [3.8, 4) is 5.69 Å². The number of hydrogen-bond donors (Lipinski definition) is 0. The van der Waals surface area contributed by atoms with Crippen LogP contribution in [0.1, 0.15) is 22.9 Å². The van der Waals surface area contributed by atoms with Crippen LogP contribution >= 0.6 is 0 Å². The molecule has 1 aromatic carbocycles. The Balaban J connectivity index is 1.14. The van der Waals surface area contributed by atoms with Crippen LogP contribution in [-0.4, -0.2) is 80.2 Å². The minimum Gasteiger partial charge on any atom is -0.372 e. The number of carbonyl (C=O) groups is 1. The van der Waals surface area contributed by atoms with Gasteiger partial charge < -0.3 is 9.64 Å². The summed E-state index contributed by atoms with van der Waals surface area (Å²) in [6.45, 7) is 11.8. The molecule has 1 unspecified atom stereocenters. The Labute approximate surface area is 191 Å². The quantitative estimate of drug-likeness (QED) is 0.552. The van der Waals surface area contributed by atoms with Gasteiger partial charge in [-0.2, -0.15) is 4.68 Å². The molecule has 1 saturated heterocycles.